The third-order valence-corrected chi connectivity index (χ3v) is 5.39. The fourth-order valence-electron chi connectivity index (χ4n) is 2.72. The summed E-state index contributed by atoms with van der Waals surface area (Å²) < 4.78 is 11.6. The van der Waals surface area contributed by atoms with Gasteiger partial charge in [0.1, 0.15) is 17.5 Å². The number of thioether (sulfide) groups is 1. The number of carboxylic acids is 1. The predicted molar refractivity (Wildman–Crippen MR) is 103 cm³/mol. The van der Waals surface area contributed by atoms with Gasteiger partial charge in [0.05, 0.1) is 4.91 Å². The highest BCUT2D eigenvalue weighted by Crippen LogP contribution is 2.35. The molecule has 2 aliphatic rings. The maximum absolute atomic E-state index is 12.6. The van der Waals surface area contributed by atoms with Gasteiger partial charge in [-0.2, -0.15) is 0 Å². The molecule has 6 nitrogen and oxygen atoms in total. The summed E-state index contributed by atoms with van der Waals surface area (Å²) in [6.07, 6.45) is 4.06. The van der Waals surface area contributed by atoms with Gasteiger partial charge in [-0.25, -0.2) is 0 Å². The number of thiocarbonyl (C=S) groups is 1. The van der Waals surface area contributed by atoms with Crippen LogP contribution < -0.4 is 9.47 Å². The summed E-state index contributed by atoms with van der Waals surface area (Å²) >= 11 is 6.60. The molecule has 0 aromatic heterocycles. The minimum Gasteiger partial charge on any atom is -0.486 e. The lowest BCUT2D eigenvalue weighted by Crippen LogP contribution is -2.29. The van der Waals surface area contributed by atoms with E-state index in [1.54, 1.807) is 4.90 Å². The number of aliphatic carboxylic acids is 1. The average molecular weight is 393 g/mol. The lowest BCUT2D eigenvalue weighted by atomic mass is 10.1. The number of benzene rings is 1. The van der Waals surface area contributed by atoms with Gasteiger partial charge in [-0.05, 0) is 36.6 Å². The molecule has 1 saturated heterocycles. The van der Waals surface area contributed by atoms with E-state index in [1.165, 1.54) is 11.8 Å². The first-order valence-electron chi connectivity index (χ1n) is 8.41. The topological polar surface area (TPSA) is 76.1 Å². The standard InChI is InChI=1S/C18H19NO5S2/c20-16(21)4-2-1-3-7-19-17(22)15(26-18(19)25)11-12-5-6-13-14(10-12)24-9-8-23-13/h5-6,10-11H,1-4,7-9H2,(H,20,21)/b15-11+. The van der Waals surface area contributed by atoms with Crippen LogP contribution in [0.4, 0.5) is 0 Å². The van der Waals surface area contributed by atoms with Crippen LogP contribution in [-0.2, 0) is 9.59 Å². The van der Waals surface area contributed by atoms with Crippen LogP contribution in [0.15, 0.2) is 23.1 Å². The first-order valence-corrected chi connectivity index (χ1v) is 9.64. The van der Waals surface area contributed by atoms with Gasteiger partial charge in [0.15, 0.2) is 11.5 Å². The second-order valence-electron chi connectivity index (χ2n) is 5.94. The normalized spacial score (nSPS) is 17.8. The summed E-state index contributed by atoms with van der Waals surface area (Å²) in [5.74, 6) is 0.493. The van der Waals surface area contributed by atoms with Crippen LogP contribution in [0.2, 0.25) is 0 Å². The van der Waals surface area contributed by atoms with Crippen molar-refractivity contribution in [2.45, 2.75) is 25.7 Å². The number of nitrogens with zero attached hydrogens (tertiary/aromatic N) is 1. The molecule has 0 bridgehead atoms. The summed E-state index contributed by atoms with van der Waals surface area (Å²) in [5, 5.41) is 8.64. The van der Waals surface area contributed by atoms with E-state index in [-0.39, 0.29) is 12.3 Å². The number of fused-ring (bicyclic) bond motifs is 1. The number of unbranched alkanes of at least 4 members (excludes halogenated alkanes) is 2. The molecule has 1 fully saturated rings. The number of hydrogen-bond donors (Lipinski definition) is 1. The van der Waals surface area contributed by atoms with Gasteiger partial charge < -0.3 is 14.6 Å². The molecule has 1 N–H and O–H groups in total. The van der Waals surface area contributed by atoms with E-state index in [1.807, 2.05) is 24.3 Å². The highest BCUT2D eigenvalue weighted by molar-refractivity contribution is 8.26. The van der Waals surface area contributed by atoms with Crippen LogP contribution in [0.5, 0.6) is 11.5 Å². The van der Waals surface area contributed by atoms with E-state index < -0.39 is 5.97 Å². The Morgan fingerprint density at radius 3 is 2.77 bits per heavy atom. The van der Waals surface area contributed by atoms with Crippen LogP contribution in [0.1, 0.15) is 31.2 Å². The number of amides is 1. The smallest absolute Gasteiger partial charge is 0.303 e. The molecule has 0 atom stereocenters. The van der Waals surface area contributed by atoms with E-state index in [0.29, 0.717) is 46.9 Å². The number of ether oxygens (including phenoxy) is 2. The predicted octanol–water partition coefficient (Wildman–Crippen LogP) is 3.30. The van der Waals surface area contributed by atoms with Crippen molar-refractivity contribution in [2.75, 3.05) is 19.8 Å². The Bertz CT molecular complexity index is 762. The van der Waals surface area contributed by atoms with Gasteiger partial charge in [-0.3, -0.25) is 14.5 Å². The molecule has 26 heavy (non-hydrogen) atoms. The third-order valence-electron chi connectivity index (χ3n) is 4.01. The Kier molecular flexibility index (Phi) is 6.16. The number of carboxylic acid groups (broad SMARTS) is 1. The van der Waals surface area contributed by atoms with Crippen LogP contribution in [0.3, 0.4) is 0 Å². The molecule has 0 spiro atoms. The van der Waals surface area contributed by atoms with E-state index >= 15 is 0 Å². The van der Waals surface area contributed by atoms with E-state index in [0.717, 1.165) is 18.4 Å². The molecule has 138 valence electrons. The third kappa shape index (κ3) is 4.56. The average Bonchev–Trinajstić information content (AvgIpc) is 2.88. The molecule has 0 unspecified atom stereocenters. The van der Waals surface area contributed by atoms with Gasteiger partial charge in [-0.1, -0.05) is 36.5 Å². The van der Waals surface area contributed by atoms with Crippen LogP contribution in [-0.4, -0.2) is 46.0 Å². The minimum atomic E-state index is -0.794. The Morgan fingerprint density at radius 2 is 2.00 bits per heavy atom. The first-order chi connectivity index (χ1) is 12.5. The molecule has 2 heterocycles. The minimum absolute atomic E-state index is 0.104. The fourth-order valence-corrected chi connectivity index (χ4v) is 4.03. The lowest BCUT2D eigenvalue weighted by Gasteiger charge is -2.18. The number of hydrogen-bond acceptors (Lipinski definition) is 6. The molecule has 0 saturated carbocycles. The van der Waals surface area contributed by atoms with Gasteiger partial charge in [0, 0.05) is 13.0 Å². The number of carbonyl (C=O) groups excluding carboxylic acids is 1. The molecular formula is C18H19NO5S2. The summed E-state index contributed by atoms with van der Waals surface area (Å²) in [6.45, 7) is 1.57. The largest absolute Gasteiger partial charge is 0.486 e. The van der Waals surface area contributed by atoms with Gasteiger partial charge in [0.2, 0.25) is 0 Å². The second-order valence-corrected chi connectivity index (χ2v) is 7.62. The maximum atomic E-state index is 12.6. The molecular weight excluding hydrogens is 374 g/mol. The Morgan fingerprint density at radius 1 is 1.23 bits per heavy atom. The van der Waals surface area contributed by atoms with Crippen molar-refractivity contribution in [1.82, 2.24) is 4.90 Å². The molecule has 1 aromatic carbocycles. The monoisotopic (exact) mass is 393 g/mol. The summed E-state index contributed by atoms with van der Waals surface area (Å²) in [4.78, 5) is 25.3. The van der Waals surface area contributed by atoms with Crippen LogP contribution >= 0.6 is 24.0 Å². The molecule has 1 aromatic rings. The second kappa shape index (κ2) is 8.55. The zero-order valence-electron chi connectivity index (χ0n) is 14.1. The summed E-state index contributed by atoms with van der Waals surface area (Å²) in [7, 11) is 0. The molecule has 1 amide bonds. The maximum Gasteiger partial charge on any atom is 0.303 e. The van der Waals surface area contributed by atoms with Crippen LogP contribution in [0, 0.1) is 0 Å². The zero-order chi connectivity index (χ0) is 18.5. The number of rotatable bonds is 7. The quantitative estimate of drug-likeness (QED) is 0.433. The van der Waals surface area contributed by atoms with Gasteiger partial charge >= 0.3 is 5.97 Å². The fraction of sp³-hybridized carbons (Fsp3) is 0.389. The Hall–Kier alpha value is -2.06. The van der Waals surface area contributed by atoms with Crippen molar-refractivity contribution in [1.29, 1.82) is 0 Å². The van der Waals surface area contributed by atoms with Crippen molar-refractivity contribution in [3.63, 3.8) is 0 Å². The molecule has 2 aliphatic heterocycles. The highest BCUT2D eigenvalue weighted by Gasteiger charge is 2.31. The van der Waals surface area contributed by atoms with E-state index in [4.69, 9.17) is 26.8 Å². The molecule has 0 aliphatic carbocycles. The van der Waals surface area contributed by atoms with Crippen molar-refractivity contribution >= 4 is 46.3 Å². The summed E-state index contributed by atoms with van der Waals surface area (Å²) in [5.41, 5.74) is 0.858. The zero-order valence-corrected chi connectivity index (χ0v) is 15.7. The van der Waals surface area contributed by atoms with Gasteiger partial charge in [-0.15, -0.1) is 0 Å². The number of carbonyl (C=O) groups is 2. The van der Waals surface area contributed by atoms with Crippen molar-refractivity contribution in [3.05, 3.63) is 28.7 Å². The SMILES string of the molecule is O=C(O)CCCCCN1C(=O)/C(=C\c2ccc3c(c2)OCCO3)SC1=S. The highest BCUT2D eigenvalue weighted by atomic mass is 32.2. The lowest BCUT2D eigenvalue weighted by molar-refractivity contribution is -0.137. The molecule has 0 radical (unpaired) electrons. The first kappa shape index (κ1) is 18.7. The molecule has 3 rings (SSSR count). The molecule has 8 heteroatoms. The van der Waals surface area contributed by atoms with E-state index in [9.17, 15) is 9.59 Å². The van der Waals surface area contributed by atoms with Crippen LogP contribution in [0.25, 0.3) is 6.08 Å². The van der Waals surface area contributed by atoms with Crippen molar-refractivity contribution in [2.24, 2.45) is 0 Å². The van der Waals surface area contributed by atoms with E-state index in [2.05, 4.69) is 0 Å². The Labute approximate surface area is 161 Å². The van der Waals surface area contributed by atoms with Gasteiger partial charge in [0.25, 0.3) is 5.91 Å². The Balaban J connectivity index is 1.61. The summed E-state index contributed by atoms with van der Waals surface area (Å²) in [6, 6.07) is 5.57. The van der Waals surface area contributed by atoms with Crippen molar-refractivity contribution < 1.29 is 24.2 Å². The van der Waals surface area contributed by atoms with Crippen molar-refractivity contribution in [3.8, 4) is 11.5 Å².